The van der Waals surface area contributed by atoms with Crippen LogP contribution in [0.25, 0.3) is 0 Å². The van der Waals surface area contributed by atoms with Crippen LogP contribution >= 0.6 is 11.6 Å². The van der Waals surface area contributed by atoms with Crippen molar-refractivity contribution in [1.29, 1.82) is 0 Å². The molecule has 0 bridgehead atoms. The molecule has 3 rings (SSSR count). The number of rotatable bonds is 1. The van der Waals surface area contributed by atoms with Crippen molar-refractivity contribution in [2.24, 2.45) is 0 Å². The Morgan fingerprint density at radius 1 is 1.25 bits per heavy atom. The Balaban J connectivity index is 2.08. The van der Waals surface area contributed by atoms with E-state index in [4.69, 9.17) is 17.3 Å². The fourth-order valence-corrected chi connectivity index (χ4v) is 3.25. The van der Waals surface area contributed by atoms with Gasteiger partial charge in [0.1, 0.15) is 0 Å². The van der Waals surface area contributed by atoms with E-state index in [0.29, 0.717) is 27.5 Å². The molecule has 0 spiro atoms. The van der Waals surface area contributed by atoms with Gasteiger partial charge in [0.2, 0.25) is 0 Å². The molecule has 24 heavy (non-hydrogen) atoms. The number of hydrogen-bond donors (Lipinski definition) is 3. The number of amides is 1. The summed E-state index contributed by atoms with van der Waals surface area (Å²) in [5, 5.41) is 21.0. The highest BCUT2D eigenvalue weighted by Gasteiger charge is 2.31. The summed E-state index contributed by atoms with van der Waals surface area (Å²) in [5.74, 6) is -0.246. The lowest BCUT2D eigenvalue weighted by atomic mass is 10.0. The summed E-state index contributed by atoms with van der Waals surface area (Å²) in [7, 11) is 0. The number of anilines is 2. The molecule has 0 saturated carbocycles. The largest absolute Gasteiger partial charge is 0.399 e. The maximum absolute atomic E-state index is 13.0. The third kappa shape index (κ3) is 3.11. The first-order chi connectivity index (χ1) is 11.4. The van der Waals surface area contributed by atoms with Crippen LogP contribution in [0.4, 0.5) is 11.4 Å². The third-order valence-electron chi connectivity index (χ3n) is 4.25. The Bertz CT molecular complexity index is 794. The minimum atomic E-state index is -0.876. The number of nitrogens with two attached hydrogens (primary N) is 1. The van der Waals surface area contributed by atoms with Crippen molar-refractivity contribution >= 4 is 28.9 Å². The summed E-state index contributed by atoms with van der Waals surface area (Å²) in [4.78, 5) is 14.5. The van der Waals surface area contributed by atoms with Gasteiger partial charge in [-0.25, -0.2) is 0 Å². The van der Waals surface area contributed by atoms with Crippen molar-refractivity contribution in [3.63, 3.8) is 0 Å². The van der Waals surface area contributed by atoms with E-state index in [1.54, 1.807) is 36.4 Å². The van der Waals surface area contributed by atoms with Crippen molar-refractivity contribution in [1.82, 2.24) is 0 Å². The van der Waals surface area contributed by atoms with Gasteiger partial charge in [-0.1, -0.05) is 11.6 Å². The second kappa shape index (κ2) is 6.43. The Labute approximate surface area is 145 Å². The van der Waals surface area contributed by atoms with Gasteiger partial charge in [0.05, 0.1) is 18.8 Å². The number of hydrogen-bond acceptors (Lipinski definition) is 4. The van der Waals surface area contributed by atoms with Gasteiger partial charge in [0, 0.05) is 33.9 Å². The van der Waals surface area contributed by atoms with Crippen LogP contribution in [0.3, 0.4) is 0 Å². The van der Waals surface area contributed by atoms with E-state index in [-0.39, 0.29) is 18.9 Å². The van der Waals surface area contributed by atoms with Crippen LogP contribution in [0.1, 0.15) is 34.0 Å². The number of aliphatic hydroxyl groups is 2. The number of aliphatic hydroxyl groups excluding tert-OH is 2. The summed E-state index contributed by atoms with van der Waals surface area (Å²) < 4.78 is 0. The van der Waals surface area contributed by atoms with Gasteiger partial charge in [0.25, 0.3) is 5.91 Å². The molecule has 0 unspecified atom stereocenters. The quantitative estimate of drug-likeness (QED) is 0.693. The number of nitrogens with zero attached hydrogens (tertiary/aromatic N) is 1. The fourth-order valence-electron chi connectivity index (χ4n) is 3.07. The monoisotopic (exact) mass is 346 g/mol. The number of carbonyl (C=O) groups is 1. The Hall–Kier alpha value is -2.08. The average Bonchev–Trinajstić information content (AvgIpc) is 2.63. The molecule has 0 radical (unpaired) electrons. The first-order valence-corrected chi connectivity index (χ1v) is 8.08. The molecule has 1 aliphatic heterocycles. The van der Waals surface area contributed by atoms with Gasteiger partial charge in [-0.2, -0.15) is 0 Å². The van der Waals surface area contributed by atoms with Crippen molar-refractivity contribution in [2.45, 2.75) is 25.6 Å². The average molecular weight is 347 g/mol. The fraction of sp³-hybridized carbons (Fsp3) is 0.278. The zero-order valence-electron chi connectivity index (χ0n) is 13.2. The number of halogens is 1. The lowest BCUT2D eigenvalue weighted by Gasteiger charge is -2.25. The molecule has 0 saturated heterocycles. The molecular weight excluding hydrogens is 328 g/mol. The molecule has 2 aromatic carbocycles. The van der Waals surface area contributed by atoms with Gasteiger partial charge < -0.3 is 20.8 Å². The van der Waals surface area contributed by atoms with Crippen molar-refractivity contribution in [3.8, 4) is 0 Å². The van der Waals surface area contributed by atoms with Crippen LogP contribution in [-0.2, 0) is 0 Å². The van der Waals surface area contributed by atoms with Crippen molar-refractivity contribution < 1.29 is 15.0 Å². The predicted molar refractivity (Wildman–Crippen MR) is 94.3 cm³/mol. The lowest BCUT2D eigenvalue weighted by Crippen LogP contribution is -2.37. The molecule has 0 aliphatic carbocycles. The second-order valence-corrected chi connectivity index (χ2v) is 6.54. The number of fused-ring (bicyclic) bond motifs is 1. The summed E-state index contributed by atoms with van der Waals surface area (Å²) in [6, 6.07) is 10.1. The van der Waals surface area contributed by atoms with Crippen LogP contribution in [0.5, 0.6) is 0 Å². The van der Waals surface area contributed by atoms with Gasteiger partial charge >= 0.3 is 0 Å². The van der Waals surface area contributed by atoms with Crippen molar-refractivity contribution in [3.05, 3.63) is 58.1 Å². The number of β-amino-alcohol motifs (C(OH)–C–C–N with tert-alkyl or cyclic N) is 1. The van der Waals surface area contributed by atoms with Gasteiger partial charge in [-0.05, 0) is 48.9 Å². The van der Waals surface area contributed by atoms with E-state index in [9.17, 15) is 15.0 Å². The van der Waals surface area contributed by atoms with Crippen LogP contribution in [0.2, 0.25) is 5.02 Å². The molecule has 2 atom stereocenters. The molecule has 126 valence electrons. The molecule has 1 aliphatic rings. The highest BCUT2D eigenvalue weighted by atomic mass is 35.5. The van der Waals surface area contributed by atoms with Gasteiger partial charge in [-0.3, -0.25) is 4.79 Å². The van der Waals surface area contributed by atoms with Gasteiger partial charge in [0.15, 0.2) is 0 Å². The second-order valence-electron chi connectivity index (χ2n) is 6.10. The molecule has 1 amide bonds. The van der Waals surface area contributed by atoms with Crippen LogP contribution in [0, 0.1) is 6.92 Å². The Kier molecular flexibility index (Phi) is 4.49. The van der Waals surface area contributed by atoms with E-state index in [1.165, 1.54) is 4.90 Å². The SMILES string of the molecule is Cc1cc(N)ccc1C(=O)N1C[C@H](O)C[C@H](O)c2cc(Cl)ccc21. The molecule has 1 heterocycles. The minimum Gasteiger partial charge on any atom is -0.399 e. The lowest BCUT2D eigenvalue weighted by molar-refractivity contribution is 0.0836. The zero-order valence-corrected chi connectivity index (χ0v) is 14.0. The van der Waals surface area contributed by atoms with Crippen molar-refractivity contribution in [2.75, 3.05) is 17.2 Å². The molecule has 2 aromatic rings. The molecule has 0 fully saturated rings. The predicted octanol–water partition coefficient (Wildman–Crippen LogP) is 2.68. The van der Waals surface area contributed by atoms with E-state index in [0.717, 1.165) is 5.56 Å². The number of aryl methyl sites for hydroxylation is 1. The standard InChI is InChI=1S/C18H19ClN2O3/c1-10-6-12(20)3-4-14(10)18(24)21-9-13(22)8-17(23)15-7-11(19)2-5-16(15)21/h2-7,13,17,22-23H,8-9,20H2,1H3/t13-,17+/m1/s1. The van der Waals surface area contributed by atoms with E-state index in [1.807, 2.05) is 6.92 Å². The maximum Gasteiger partial charge on any atom is 0.258 e. The number of nitrogen functional groups attached to an aromatic ring is 1. The first kappa shape index (κ1) is 16.8. The summed E-state index contributed by atoms with van der Waals surface area (Å²) in [6.45, 7) is 1.92. The molecular formula is C18H19ClN2O3. The Morgan fingerprint density at radius 3 is 2.71 bits per heavy atom. The maximum atomic E-state index is 13.0. The van der Waals surface area contributed by atoms with Gasteiger partial charge in [-0.15, -0.1) is 0 Å². The Morgan fingerprint density at radius 2 is 2.00 bits per heavy atom. The number of carbonyl (C=O) groups excluding carboxylic acids is 1. The zero-order chi connectivity index (χ0) is 17.4. The van der Waals surface area contributed by atoms with E-state index < -0.39 is 12.2 Å². The third-order valence-corrected chi connectivity index (χ3v) is 4.49. The normalized spacial score (nSPS) is 20.4. The van der Waals surface area contributed by atoms with Crippen LogP contribution in [0.15, 0.2) is 36.4 Å². The van der Waals surface area contributed by atoms with Crippen LogP contribution < -0.4 is 10.6 Å². The molecule has 0 aromatic heterocycles. The smallest absolute Gasteiger partial charge is 0.258 e. The highest BCUT2D eigenvalue weighted by molar-refractivity contribution is 6.30. The van der Waals surface area contributed by atoms with E-state index >= 15 is 0 Å². The molecule has 4 N–H and O–H groups in total. The highest BCUT2D eigenvalue weighted by Crippen LogP contribution is 2.36. The topological polar surface area (TPSA) is 86.8 Å². The first-order valence-electron chi connectivity index (χ1n) is 7.70. The summed E-state index contributed by atoms with van der Waals surface area (Å²) in [6.07, 6.45) is -1.55. The van der Waals surface area contributed by atoms with Crippen LogP contribution in [-0.4, -0.2) is 28.8 Å². The summed E-state index contributed by atoms with van der Waals surface area (Å²) >= 11 is 6.03. The number of benzene rings is 2. The molecule has 5 nitrogen and oxygen atoms in total. The minimum absolute atomic E-state index is 0.105. The van der Waals surface area contributed by atoms with E-state index in [2.05, 4.69) is 0 Å². The summed E-state index contributed by atoms with van der Waals surface area (Å²) in [5.41, 5.74) is 8.71. The molecule has 6 heteroatoms.